The van der Waals surface area contributed by atoms with Gasteiger partial charge >= 0.3 is 6.36 Å². The highest BCUT2D eigenvalue weighted by atomic mass is 19.4. The molecular formula is C20H26F3N3O2. The topological polar surface area (TPSA) is 51.4 Å². The van der Waals surface area contributed by atoms with E-state index in [1.54, 1.807) is 0 Å². The predicted molar refractivity (Wildman–Crippen MR) is 98.8 cm³/mol. The van der Waals surface area contributed by atoms with Crippen molar-refractivity contribution in [3.05, 3.63) is 30.1 Å². The molecule has 0 amide bonds. The van der Waals surface area contributed by atoms with E-state index in [1.165, 1.54) is 37.1 Å². The number of ether oxygens (including phenoxy) is 1. The molecule has 1 saturated heterocycles. The van der Waals surface area contributed by atoms with Crippen LogP contribution in [0.3, 0.4) is 0 Å². The third kappa shape index (κ3) is 5.47. The fraction of sp³-hybridized carbons (Fsp3) is 0.600. The minimum Gasteiger partial charge on any atom is -0.406 e. The molecule has 0 unspecified atom stereocenters. The van der Waals surface area contributed by atoms with E-state index >= 15 is 0 Å². The zero-order valence-corrected chi connectivity index (χ0v) is 16.2. The van der Waals surface area contributed by atoms with Crippen molar-refractivity contribution in [2.45, 2.75) is 58.4 Å². The SMILES string of the molecule is CCC(CC)N1CCC(Cc2noc(-c3ccc(OC(F)(F)F)cc3)n2)CC1. The van der Waals surface area contributed by atoms with Gasteiger partial charge in [0.25, 0.3) is 5.89 Å². The molecule has 2 aromatic rings. The van der Waals surface area contributed by atoms with Gasteiger partial charge in [0, 0.05) is 18.0 Å². The summed E-state index contributed by atoms with van der Waals surface area (Å²) in [7, 11) is 0. The summed E-state index contributed by atoms with van der Waals surface area (Å²) in [6, 6.07) is 6.10. The number of nitrogens with zero attached hydrogens (tertiary/aromatic N) is 3. The number of piperidine rings is 1. The van der Waals surface area contributed by atoms with Crippen LogP contribution in [0.4, 0.5) is 13.2 Å². The molecule has 1 aliphatic heterocycles. The lowest BCUT2D eigenvalue weighted by Crippen LogP contribution is -2.41. The average Bonchev–Trinajstić information content (AvgIpc) is 3.12. The first-order valence-corrected chi connectivity index (χ1v) is 9.80. The van der Waals surface area contributed by atoms with Crippen LogP contribution in [0, 0.1) is 5.92 Å². The van der Waals surface area contributed by atoms with Gasteiger partial charge in [-0.25, -0.2) is 0 Å². The number of alkyl halides is 3. The number of aromatic nitrogens is 2. The van der Waals surface area contributed by atoms with E-state index < -0.39 is 6.36 Å². The minimum absolute atomic E-state index is 0.278. The van der Waals surface area contributed by atoms with Crippen molar-refractivity contribution in [3.8, 4) is 17.2 Å². The van der Waals surface area contributed by atoms with Gasteiger partial charge in [0.1, 0.15) is 5.75 Å². The highest BCUT2D eigenvalue weighted by molar-refractivity contribution is 5.54. The summed E-state index contributed by atoms with van der Waals surface area (Å²) in [5.41, 5.74) is 0.567. The van der Waals surface area contributed by atoms with Crippen LogP contribution in [0.5, 0.6) is 5.75 Å². The number of halogens is 3. The van der Waals surface area contributed by atoms with Crippen LogP contribution in [-0.4, -0.2) is 40.5 Å². The number of hydrogen-bond donors (Lipinski definition) is 0. The largest absolute Gasteiger partial charge is 0.573 e. The lowest BCUT2D eigenvalue weighted by molar-refractivity contribution is -0.274. The Bertz CT molecular complexity index is 734. The molecule has 0 aliphatic carbocycles. The van der Waals surface area contributed by atoms with Crippen molar-refractivity contribution in [2.75, 3.05) is 13.1 Å². The average molecular weight is 397 g/mol. The van der Waals surface area contributed by atoms with Gasteiger partial charge in [-0.05, 0) is 69.0 Å². The van der Waals surface area contributed by atoms with Crippen molar-refractivity contribution in [1.82, 2.24) is 15.0 Å². The summed E-state index contributed by atoms with van der Waals surface area (Å²) in [4.78, 5) is 6.98. The maximum absolute atomic E-state index is 12.2. The molecule has 1 aliphatic rings. The Morgan fingerprint density at radius 1 is 1.14 bits per heavy atom. The van der Waals surface area contributed by atoms with Gasteiger partial charge in [-0.1, -0.05) is 19.0 Å². The first kappa shape index (κ1) is 20.6. The van der Waals surface area contributed by atoms with Gasteiger partial charge < -0.3 is 14.2 Å². The van der Waals surface area contributed by atoms with Crippen LogP contribution in [0.2, 0.25) is 0 Å². The summed E-state index contributed by atoms with van der Waals surface area (Å²) in [5.74, 6) is 1.20. The fourth-order valence-corrected chi connectivity index (χ4v) is 3.84. The van der Waals surface area contributed by atoms with E-state index in [9.17, 15) is 13.2 Å². The number of rotatable bonds is 7. The molecule has 28 heavy (non-hydrogen) atoms. The number of benzene rings is 1. The summed E-state index contributed by atoms with van der Waals surface area (Å²) in [6.07, 6.45) is 0.649. The lowest BCUT2D eigenvalue weighted by atomic mass is 9.92. The molecule has 3 rings (SSSR count). The molecule has 154 valence electrons. The van der Waals surface area contributed by atoms with Crippen LogP contribution in [0.1, 0.15) is 45.4 Å². The van der Waals surface area contributed by atoms with Crippen LogP contribution in [-0.2, 0) is 6.42 Å². The molecule has 0 N–H and O–H groups in total. The lowest BCUT2D eigenvalue weighted by Gasteiger charge is -2.36. The summed E-state index contributed by atoms with van der Waals surface area (Å²) in [5, 5.41) is 4.04. The van der Waals surface area contributed by atoms with Crippen LogP contribution in [0.15, 0.2) is 28.8 Å². The van der Waals surface area contributed by atoms with Gasteiger partial charge in [0.05, 0.1) is 0 Å². The Labute approximate surface area is 162 Å². The molecule has 5 nitrogen and oxygen atoms in total. The maximum Gasteiger partial charge on any atom is 0.573 e. The Morgan fingerprint density at radius 3 is 2.36 bits per heavy atom. The minimum atomic E-state index is -4.71. The normalized spacial score (nSPS) is 16.6. The molecule has 0 bridgehead atoms. The molecule has 0 saturated carbocycles. The quantitative estimate of drug-likeness (QED) is 0.652. The van der Waals surface area contributed by atoms with Gasteiger partial charge in [-0.2, -0.15) is 4.98 Å². The van der Waals surface area contributed by atoms with Crippen molar-refractivity contribution in [2.24, 2.45) is 5.92 Å². The fourth-order valence-electron chi connectivity index (χ4n) is 3.84. The molecule has 0 atom stereocenters. The van der Waals surface area contributed by atoms with E-state index in [0.717, 1.165) is 32.4 Å². The smallest absolute Gasteiger partial charge is 0.406 e. The Hall–Kier alpha value is -2.09. The third-order valence-corrected chi connectivity index (χ3v) is 5.38. The molecule has 0 radical (unpaired) electrons. The van der Waals surface area contributed by atoms with E-state index in [-0.39, 0.29) is 5.75 Å². The highest BCUT2D eigenvalue weighted by Gasteiger charge is 2.31. The van der Waals surface area contributed by atoms with Gasteiger partial charge in [0.2, 0.25) is 0 Å². The van der Waals surface area contributed by atoms with Crippen LogP contribution >= 0.6 is 0 Å². The molecule has 1 aromatic heterocycles. The van der Waals surface area contributed by atoms with Gasteiger partial charge in [0.15, 0.2) is 5.82 Å². The molecule has 8 heteroatoms. The molecule has 1 aromatic carbocycles. The van der Waals surface area contributed by atoms with Crippen molar-refractivity contribution in [3.63, 3.8) is 0 Å². The monoisotopic (exact) mass is 397 g/mol. The predicted octanol–water partition coefficient (Wildman–Crippen LogP) is 5.08. The second-order valence-corrected chi connectivity index (χ2v) is 7.24. The van der Waals surface area contributed by atoms with Gasteiger partial charge in [-0.3, -0.25) is 0 Å². The zero-order valence-electron chi connectivity index (χ0n) is 16.2. The number of likely N-dealkylation sites (tertiary alicyclic amines) is 1. The first-order chi connectivity index (χ1) is 13.4. The Morgan fingerprint density at radius 2 is 1.79 bits per heavy atom. The van der Waals surface area contributed by atoms with Crippen molar-refractivity contribution >= 4 is 0 Å². The Kier molecular flexibility index (Phi) is 6.59. The standard InChI is InChI=1S/C20H26F3N3O2/c1-3-16(4-2)26-11-9-14(10-12-26)13-18-24-19(28-25-18)15-5-7-17(8-6-15)27-20(21,22)23/h5-8,14,16H,3-4,9-13H2,1-2H3. The van der Waals surface area contributed by atoms with Crippen LogP contribution in [0.25, 0.3) is 11.5 Å². The summed E-state index contributed by atoms with van der Waals surface area (Å²) < 4.78 is 45.9. The van der Waals surface area contributed by atoms with E-state index in [1.807, 2.05) is 0 Å². The Balaban J connectivity index is 1.55. The van der Waals surface area contributed by atoms with Crippen molar-refractivity contribution in [1.29, 1.82) is 0 Å². The highest BCUT2D eigenvalue weighted by Crippen LogP contribution is 2.27. The molecular weight excluding hydrogens is 371 g/mol. The van der Waals surface area contributed by atoms with Crippen LogP contribution < -0.4 is 4.74 Å². The summed E-state index contributed by atoms with van der Waals surface area (Å²) >= 11 is 0. The van der Waals surface area contributed by atoms with E-state index in [2.05, 4.69) is 33.6 Å². The zero-order chi connectivity index (χ0) is 20.1. The van der Waals surface area contributed by atoms with E-state index in [0.29, 0.717) is 29.2 Å². The van der Waals surface area contributed by atoms with E-state index in [4.69, 9.17) is 4.52 Å². The first-order valence-electron chi connectivity index (χ1n) is 9.80. The third-order valence-electron chi connectivity index (χ3n) is 5.38. The summed E-state index contributed by atoms with van der Waals surface area (Å²) in [6.45, 7) is 6.68. The van der Waals surface area contributed by atoms with Gasteiger partial charge in [-0.15, -0.1) is 13.2 Å². The molecule has 2 heterocycles. The molecule has 1 fully saturated rings. The molecule has 0 spiro atoms. The second-order valence-electron chi connectivity index (χ2n) is 7.24. The second kappa shape index (κ2) is 8.94. The number of hydrogen-bond acceptors (Lipinski definition) is 5. The van der Waals surface area contributed by atoms with Crippen molar-refractivity contribution < 1.29 is 22.4 Å². The maximum atomic E-state index is 12.2.